The van der Waals surface area contributed by atoms with Gasteiger partial charge in [0.05, 0.1) is 10.7 Å². The molecule has 0 spiro atoms. The molecule has 0 aliphatic rings. The Morgan fingerprint density at radius 1 is 1.26 bits per heavy atom. The maximum atomic E-state index is 13.6. The number of rotatable bonds is 2. The van der Waals surface area contributed by atoms with Crippen molar-refractivity contribution in [3.8, 4) is 0 Å². The highest BCUT2D eigenvalue weighted by atomic mass is 35.5. The molecule has 0 aliphatic carbocycles. The highest BCUT2D eigenvalue weighted by Gasteiger charge is 2.11. The Kier molecular flexibility index (Phi) is 2.76. The number of aromatic nitrogens is 1. The minimum absolute atomic E-state index is 0.128. The Morgan fingerprint density at radius 3 is 2.89 bits per heavy atom. The van der Waals surface area contributed by atoms with Crippen molar-refractivity contribution < 1.29 is 8.81 Å². The second-order valence-corrected chi connectivity index (χ2v) is 4.38. The summed E-state index contributed by atoms with van der Waals surface area (Å²) >= 11 is 5.91. The average Bonchev–Trinajstić information content (AvgIpc) is 2.75. The fourth-order valence-electron chi connectivity index (χ4n) is 1.72. The summed E-state index contributed by atoms with van der Waals surface area (Å²) in [6, 6.07) is 9.64. The maximum absolute atomic E-state index is 13.6. The van der Waals surface area contributed by atoms with Crippen LogP contribution in [0.1, 0.15) is 0 Å². The number of nitrogens with two attached hydrogens (primary N) is 1. The summed E-state index contributed by atoms with van der Waals surface area (Å²) in [7, 11) is 0. The van der Waals surface area contributed by atoms with E-state index < -0.39 is 5.82 Å². The topological polar surface area (TPSA) is 64.1 Å². The zero-order valence-electron chi connectivity index (χ0n) is 9.65. The molecule has 6 heteroatoms. The number of hydrogen-bond donors (Lipinski definition) is 2. The normalized spacial score (nSPS) is 10.8. The largest absolute Gasteiger partial charge is 0.423 e. The smallest absolute Gasteiger partial charge is 0.300 e. The third kappa shape index (κ3) is 2.20. The molecule has 0 unspecified atom stereocenters. The summed E-state index contributed by atoms with van der Waals surface area (Å²) in [5.74, 6) is -0.478. The van der Waals surface area contributed by atoms with Gasteiger partial charge in [0, 0.05) is 5.69 Å². The van der Waals surface area contributed by atoms with E-state index in [-0.39, 0.29) is 16.7 Å². The summed E-state index contributed by atoms with van der Waals surface area (Å²) in [4.78, 5) is 4.17. The third-order valence-corrected chi connectivity index (χ3v) is 2.92. The fourth-order valence-corrected chi connectivity index (χ4v) is 1.93. The van der Waals surface area contributed by atoms with E-state index in [1.54, 1.807) is 24.3 Å². The molecule has 2 aromatic carbocycles. The van der Waals surface area contributed by atoms with Gasteiger partial charge in [0.25, 0.3) is 6.01 Å². The first-order valence-corrected chi connectivity index (χ1v) is 5.88. The minimum Gasteiger partial charge on any atom is -0.423 e. The van der Waals surface area contributed by atoms with Gasteiger partial charge in [-0.2, -0.15) is 4.98 Å². The Morgan fingerprint density at radius 2 is 2.11 bits per heavy atom. The molecule has 0 aliphatic heterocycles. The number of oxazole rings is 1. The van der Waals surface area contributed by atoms with Gasteiger partial charge < -0.3 is 15.5 Å². The quantitative estimate of drug-likeness (QED) is 0.696. The molecular weight excluding hydrogens is 269 g/mol. The molecule has 4 nitrogen and oxygen atoms in total. The second kappa shape index (κ2) is 4.44. The van der Waals surface area contributed by atoms with E-state index in [0.717, 1.165) is 0 Å². The maximum Gasteiger partial charge on any atom is 0.300 e. The van der Waals surface area contributed by atoms with Crippen molar-refractivity contribution in [3.63, 3.8) is 0 Å². The van der Waals surface area contributed by atoms with Gasteiger partial charge in [-0.25, -0.2) is 4.39 Å². The van der Waals surface area contributed by atoms with Crippen molar-refractivity contribution in [3.05, 3.63) is 47.2 Å². The van der Waals surface area contributed by atoms with Crippen LogP contribution in [0.25, 0.3) is 11.1 Å². The van der Waals surface area contributed by atoms with Gasteiger partial charge in [0.15, 0.2) is 5.58 Å². The van der Waals surface area contributed by atoms with Crippen molar-refractivity contribution >= 4 is 40.1 Å². The van der Waals surface area contributed by atoms with E-state index in [1.807, 2.05) is 0 Å². The molecule has 0 radical (unpaired) electrons. The lowest BCUT2D eigenvalue weighted by Gasteiger charge is -2.04. The molecule has 0 fully saturated rings. The number of nitrogens with zero attached hydrogens (tertiary/aromatic N) is 1. The summed E-state index contributed by atoms with van der Waals surface area (Å²) in [5, 5.41) is 2.98. The highest BCUT2D eigenvalue weighted by Crippen LogP contribution is 2.29. The van der Waals surface area contributed by atoms with E-state index in [1.165, 1.54) is 12.1 Å². The van der Waals surface area contributed by atoms with Crippen LogP contribution in [-0.2, 0) is 0 Å². The average molecular weight is 278 g/mol. The lowest BCUT2D eigenvalue weighted by molar-refractivity contribution is 0.611. The fraction of sp³-hybridized carbons (Fsp3) is 0. The molecule has 0 saturated carbocycles. The minimum atomic E-state index is -0.478. The molecule has 1 aromatic heterocycles. The predicted octanol–water partition coefficient (Wildman–Crippen LogP) is 3.95. The number of hydrogen-bond acceptors (Lipinski definition) is 4. The number of benzene rings is 2. The van der Waals surface area contributed by atoms with Gasteiger partial charge in [-0.1, -0.05) is 17.7 Å². The van der Waals surface area contributed by atoms with Crippen LogP contribution < -0.4 is 11.1 Å². The highest BCUT2D eigenvalue weighted by molar-refractivity contribution is 6.33. The van der Waals surface area contributed by atoms with Crippen LogP contribution in [-0.4, -0.2) is 4.98 Å². The standard InChI is InChI=1S/C13H9ClFN3O/c14-8-2-1-3-9(15)12(8)18-13-17-10-6-7(16)4-5-11(10)19-13/h1-6H,16H2,(H,17,18). The zero-order valence-corrected chi connectivity index (χ0v) is 10.4. The van der Waals surface area contributed by atoms with E-state index >= 15 is 0 Å². The number of halogens is 2. The molecule has 3 rings (SSSR count). The van der Waals surface area contributed by atoms with E-state index in [2.05, 4.69) is 10.3 Å². The lowest BCUT2D eigenvalue weighted by Crippen LogP contribution is -1.94. The van der Waals surface area contributed by atoms with Crippen LogP contribution >= 0.6 is 11.6 Å². The van der Waals surface area contributed by atoms with Crippen molar-refractivity contribution in [1.29, 1.82) is 0 Å². The van der Waals surface area contributed by atoms with Gasteiger partial charge in [-0.3, -0.25) is 0 Å². The van der Waals surface area contributed by atoms with Crippen molar-refractivity contribution in [1.82, 2.24) is 4.98 Å². The van der Waals surface area contributed by atoms with Crippen molar-refractivity contribution in [2.45, 2.75) is 0 Å². The van der Waals surface area contributed by atoms with Gasteiger partial charge >= 0.3 is 0 Å². The molecule has 0 saturated heterocycles. The number of nitrogens with one attached hydrogen (secondary N) is 1. The van der Waals surface area contributed by atoms with E-state index in [4.69, 9.17) is 21.8 Å². The molecule has 3 N–H and O–H groups in total. The zero-order chi connectivity index (χ0) is 13.4. The molecule has 96 valence electrons. The van der Waals surface area contributed by atoms with Crippen LogP contribution in [0.5, 0.6) is 0 Å². The Hall–Kier alpha value is -2.27. The Bertz CT molecular complexity index is 736. The molecule has 3 aromatic rings. The first-order valence-electron chi connectivity index (χ1n) is 5.50. The number of anilines is 3. The molecule has 1 heterocycles. The van der Waals surface area contributed by atoms with Crippen molar-refractivity contribution in [2.75, 3.05) is 11.1 Å². The van der Waals surface area contributed by atoms with Gasteiger partial charge in [0.2, 0.25) is 0 Å². The number of fused-ring (bicyclic) bond motifs is 1. The summed E-state index contributed by atoms with van der Waals surface area (Å²) < 4.78 is 19.1. The lowest BCUT2D eigenvalue weighted by atomic mass is 10.3. The van der Waals surface area contributed by atoms with Gasteiger partial charge in [0.1, 0.15) is 11.3 Å². The van der Waals surface area contributed by atoms with Crippen LogP contribution in [0.15, 0.2) is 40.8 Å². The molecular formula is C13H9ClFN3O. The number of para-hydroxylation sites is 1. The molecule has 19 heavy (non-hydrogen) atoms. The van der Waals surface area contributed by atoms with Gasteiger partial charge in [-0.05, 0) is 30.3 Å². The first-order chi connectivity index (χ1) is 9.13. The molecule has 0 amide bonds. The summed E-state index contributed by atoms with van der Waals surface area (Å²) in [6.45, 7) is 0. The SMILES string of the molecule is Nc1ccc2oc(Nc3c(F)cccc3Cl)nc2c1. The number of nitrogen functional groups attached to an aromatic ring is 1. The summed E-state index contributed by atoms with van der Waals surface area (Å²) in [5.41, 5.74) is 7.51. The summed E-state index contributed by atoms with van der Waals surface area (Å²) in [6.07, 6.45) is 0. The predicted molar refractivity (Wildman–Crippen MR) is 73.1 cm³/mol. The van der Waals surface area contributed by atoms with Crippen LogP contribution in [0.4, 0.5) is 21.8 Å². The molecule has 0 atom stereocenters. The monoisotopic (exact) mass is 277 g/mol. The Labute approximate surface area is 113 Å². The van der Waals surface area contributed by atoms with E-state index in [9.17, 15) is 4.39 Å². The third-order valence-electron chi connectivity index (χ3n) is 2.61. The van der Waals surface area contributed by atoms with Crippen molar-refractivity contribution in [2.24, 2.45) is 0 Å². The first kappa shape index (κ1) is 11.8. The van der Waals surface area contributed by atoms with E-state index in [0.29, 0.717) is 16.8 Å². The van der Waals surface area contributed by atoms with Crippen LogP contribution in [0.2, 0.25) is 5.02 Å². The van der Waals surface area contributed by atoms with Gasteiger partial charge in [-0.15, -0.1) is 0 Å². The van der Waals surface area contributed by atoms with Crippen LogP contribution in [0.3, 0.4) is 0 Å². The van der Waals surface area contributed by atoms with Crippen LogP contribution in [0, 0.1) is 5.82 Å². The Balaban J connectivity index is 2.01. The second-order valence-electron chi connectivity index (χ2n) is 3.97. The molecule has 0 bridgehead atoms.